The van der Waals surface area contributed by atoms with Crippen molar-refractivity contribution in [2.24, 2.45) is 5.73 Å². The van der Waals surface area contributed by atoms with Crippen molar-refractivity contribution in [1.29, 1.82) is 0 Å². The fraction of sp³-hybridized carbons (Fsp3) is 0.222. The van der Waals surface area contributed by atoms with E-state index in [2.05, 4.69) is 27.5 Å². The summed E-state index contributed by atoms with van der Waals surface area (Å²) >= 11 is 3.29. The van der Waals surface area contributed by atoms with Crippen LogP contribution in [-0.4, -0.2) is 4.98 Å². The normalized spacial score (nSPS) is 11.5. The highest BCUT2D eigenvalue weighted by Gasteiger charge is 2.04. The number of nitrogens with two attached hydrogens (primary N) is 1. The SMILES string of the molecule is C=CC[C@@H](N)c1cccc(Br)n1.Cl. The van der Waals surface area contributed by atoms with Gasteiger partial charge in [0.15, 0.2) is 0 Å². The van der Waals surface area contributed by atoms with Crippen LogP contribution < -0.4 is 5.73 Å². The largest absolute Gasteiger partial charge is 0.322 e. The van der Waals surface area contributed by atoms with E-state index >= 15 is 0 Å². The van der Waals surface area contributed by atoms with Crippen LogP contribution in [0, 0.1) is 0 Å². The molecule has 0 unspecified atom stereocenters. The molecule has 0 radical (unpaired) electrons. The number of nitrogens with zero attached hydrogens (tertiary/aromatic N) is 1. The number of pyridine rings is 1. The van der Waals surface area contributed by atoms with Gasteiger partial charge in [-0.15, -0.1) is 19.0 Å². The van der Waals surface area contributed by atoms with Crippen molar-refractivity contribution in [2.75, 3.05) is 0 Å². The van der Waals surface area contributed by atoms with Gasteiger partial charge < -0.3 is 5.73 Å². The molecule has 1 atom stereocenters. The highest BCUT2D eigenvalue weighted by molar-refractivity contribution is 9.10. The van der Waals surface area contributed by atoms with Crippen molar-refractivity contribution in [3.8, 4) is 0 Å². The van der Waals surface area contributed by atoms with Gasteiger partial charge in [-0.25, -0.2) is 4.98 Å². The Morgan fingerprint density at radius 1 is 1.62 bits per heavy atom. The van der Waals surface area contributed by atoms with Crippen LogP contribution >= 0.6 is 28.3 Å². The van der Waals surface area contributed by atoms with Crippen LogP contribution in [0.5, 0.6) is 0 Å². The van der Waals surface area contributed by atoms with E-state index in [9.17, 15) is 0 Å². The smallest absolute Gasteiger partial charge is 0.106 e. The minimum Gasteiger partial charge on any atom is -0.322 e. The molecule has 1 aromatic rings. The topological polar surface area (TPSA) is 38.9 Å². The summed E-state index contributed by atoms with van der Waals surface area (Å²) in [6, 6.07) is 5.68. The van der Waals surface area contributed by atoms with Gasteiger partial charge in [0.25, 0.3) is 0 Å². The van der Waals surface area contributed by atoms with Crippen molar-refractivity contribution in [3.05, 3.63) is 41.2 Å². The zero-order valence-corrected chi connectivity index (χ0v) is 9.51. The fourth-order valence-electron chi connectivity index (χ4n) is 0.931. The van der Waals surface area contributed by atoms with E-state index in [0.717, 1.165) is 16.7 Å². The van der Waals surface area contributed by atoms with Crippen LogP contribution in [0.4, 0.5) is 0 Å². The average Bonchev–Trinajstić information content (AvgIpc) is 2.05. The van der Waals surface area contributed by atoms with Crippen molar-refractivity contribution < 1.29 is 0 Å². The number of rotatable bonds is 3. The molecule has 1 heterocycles. The van der Waals surface area contributed by atoms with Crippen LogP contribution in [-0.2, 0) is 0 Å². The van der Waals surface area contributed by atoms with Gasteiger partial charge in [0, 0.05) is 0 Å². The average molecular weight is 264 g/mol. The maximum Gasteiger partial charge on any atom is 0.106 e. The lowest BCUT2D eigenvalue weighted by molar-refractivity contribution is 0.711. The van der Waals surface area contributed by atoms with E-state index in [1.807, 2.05) is 18.2 Å². The first-order chi connectivity index (χ1) is 5.74. The van der Waals surface area contributed by atoms with Crippen LogP contribution in [0.3, 0.4) is 0 Å². The molecule has 0 aliphatic rings. The summed E-state index contributed by atoms with van der Waals surface area (Å²) < 4.78 is 0.819. The molecule has 4 heteroatoms. The van der Waals surface area contributed by atoms with E-state index in [4.69, 9.17) is 5.73 Å². The summed E-state index contributed by atoms with van der Waals surface area (Å²) in [4.78, 5) is 4.24. The summed E-state index contributed by atoms with van der Waals surface area (Å²) in [6.45, 7) is 3.63. The quantitative estimate of drug-likeness (QED) is 0.673. The van der Waals surface area contributed by atoms with Gasteiger partial charge in [-0.1, -0.05) is 12.1 Å². The molecule has 13 heavy (non-hydrogen) atoms. The third kappa shape index (κ3) is 3.89. The third-order valence-corrected chi connectivity index (χ3v) is 1.98. The first-order valence-corrected chi connectivity index (χ1v) is 4.52. The van der Waals surface area contributed by atoms with Gasteiger partial charge in [-0.2, -0.15) is 0 Å². The summed E-state index contributed by atoms with van der Waals surface area (Å²) in [5, 5.41) is 0. The van der Waals surface area contributed by atoms with Crippen LogP contribution in [0.1, 0.15) is 18.2 Å². The van der Waals surface area contributed by atoms with Gasteiger partial charge in [0.05, 0.1) is 11.7 Å². The molecular formula is C9H12BrClN2. The Kier molecular flexibility index (Phi) is 5.95. The van der Waals surface area contributed by atoms with Gasteiger partial charge in [-0.3, -0.25) is 0 Å². The second kappa shape index (κ2) is 6.13. The van der Waals surface area contributed by atoms with Crippen molar-refractivity contribution in [2.45, 2.75) is 12.5 Å². The standard InChI is InChI=1S/C9H11BrN2.ClH/c1-2-4-7(11)8-5-3-6-9(10)12-8;/h2-3,5-7H,1,4,11H2;1H/t7-;/m1./s1. The maximum absolute atomic E-state index is 5.82. The molecule has 0 fully saturated rings. The van der Waals surface area contributed by atoms with Gasteiger partial charge >= 0.3 is 0 Å². The Hall–Kier alpha value is -0.380. The lowest BCUT2D eigenvalue weighted by Crippen LogP contribution is -2.10. The predicted octanol–water partition coefficient (Wildman–Crippen LogP) is 2.84. The van der Waals surface area contributed by atoms with Gasteiger partial charge in [-0.05, 0) is 34.5 Å². The molecule has 0 aromatic carbocycles. The highest BCUT2D eigenvalue weighted by Crippen LogP contribution is 2.14. The van der Waals surface area contributed by atoms with Gasteiger partial charge in [0.2, 0.25) is 0 Å². The van der Waals surface area contributed by atoms with Crippen LogP contribution in [0.2, 0.25) is 0 Å². The summed E-state index contributed by atoms with van der Waals surface area (Å²) in [6.07, 6.45) is 2.55. The van der Waals surface area contributed by atoms with Crippen LogP contribution in [0.25, 0.3) is 0 Å². The van der Waals surface area contributed by atoms with E-state index < -0.39 is 0 Å². The Morgan fingerprint density at radius 3 is 2.85 bits per heavy atom. The maximum atomic E-state index is 5.82. The molecule has 0 aliphatic carbocycles. The molecule has 1 rings (SSSR count). The second-order valence-electron chi connectivity index (χ2n) is 2.52. The monoisotopic (exact) mass is 262 g/mol. The number of hydrogen-bond donors (Lipinski definition) is 1. The highest BCUT2D eigenvalue weighted by atomic mass is 79.9. The second-order valence-corrected chi connectivity index (χ2v) is 3.33. The number of aromatic nitrogens is 1. The molecule has 1 aromatic heterocycles. The molecule has 0 aliphatic heterocycles. The summed E-state index contributed by atoms with van der Waals surface area (Å²) in [7, 11) is 0. The molecular weight excluding hydrogens is 251 g/mol. The third-order valence-electron chi connectivity index (χ3n) is 1.54. The summed E-state index contributed by atoms with van der Waals surface area (Å²) in [5.41, 5.74) is 6.71. The fourth-order valence-corrected chi connectivity index (χ4v) is 1.29. The molecule has 0 saturated heterocycles. The molecule has 0 spiro atoms. The lowest BCUT2D eigenvalue weighted by atomic mass is 10.1. The van der Waals surface area contributed by atoms with E-state index in [-0.39, 0.29) is 18.4 Å². The van der Waals surface area contributed by atoms with E-state index in [0.29, 0.717) is 0 Å². The minimum atomic E-state index is -0.0417. The Morgan fingerprint density at radius 2 is 2.31 bits per heavy atom. The number of hydrogen-bond acceptors (Lipinski definition) is 2. The van der Waals surface area contributed by atoms with E-state index in [1.54, 1.807) is 6.08 Å². The van der Waals surface area contributed by atoms with Crippen molar-refractivity contribution in [1.82, 2.24) is 4.98 Å². The summed E-state index contributed by atoms with van der Waals surface area (Å²) in [5.74, 6) is 0. The molecule has 0 amide bonds. The van der Waals surface area contributed by atoms with Crippen LogP contribution in [0.15, 0.2) is 35.5 Å². The lowest BCUT2D eigenvalue weighted by Gasteiger charge is -2.07. The molecule has 0 saturated carbocycles. The zero-order valence-electron chi connectivity index (χ0n) is 7.11. The van der Waals surface area contributed by atoms with Gasteiger partial charge in [0.1, 0.15) is 4.60 Å². The van der Waals surface area contributed by atoms with E-state index in [1.165, 1.54) is 0 Å². The first-order valence-electron chi connectivity index (χ1n) is 3.73. The molecule has 2 N–H and O–H groups in total. The van der Waals surface area contributed by atoms with Crippen molar-refractivity contribution >= 4 is 28.3 Å². The first kappa shape index (κ1) is 12.6. The molecule has 72 valence electrons. The molecule has 2 nitrogen and oxygen atoms in total. The zero-order chi connectivity index (χ0) is 8.97. The molecule has 0 bridgehead atoms. The Labute approximate surface area is 92.8 Å². The Balaban J connectivity index is 0.00000144. The minimum absolute atomic E-state index is 0. The predicted molar refractivity (Wildman–Crippen MR) is 60.9 cm³/mol. The Bertz CT molecular complexity index is 278. The number of halogens is 2. The van der Waals surface area contributed by atoms with Crippen molar-refractivity contribution in [3.63, 3.8) is 0 Å².